The topological polar surface area (TPSA) is 111 Å². The van der Waals surface area contributed by atoms with Gasteiger partial charge in [0.05, 0.1) is 25.7 Å². The maximum absolute atomic E-state index is 13.4. The predicted octanol–water partition coefficient (Wildman–Crippen LogP) is 8.37. The van der Waals surface area contributed by atoms with E-state index in [4.69, 9.17) is 13.9 Å². The Labute approximate surface area is 307 Å². The Morgan fingerprint density at radius 3 is 1.78 bits per heavy atom. The standard InChI is InChI=1S/C41H49NO7SSi/c1-29-23-24-35(49-51(6,7)40(2,3)4)33(37(29)38(44)45)27-50-28-34(39(46)47-5)42-36(43)25-26-48-41(30-17-11-8-12-18-30,31-19-13-9-14-20-31)32-21-15-10-16-22-32/h8-24,34H,25-28H2,1-7H3,(H,42,43)(H,44,45). The number of hydrogen-bond donors (Lipinski definition) is 2. The molecule has 1 atom stereocenters. The number of hydrogen-bond acceptors (Lipinski definition) is 7. The van der Waals surface area contributed by atoms with Gasteiger partial charge in [-0.2, -0.15) is 11.8 Å². The van der Waals surface area contributed by atoms with Gasteiger partial charge in [-0.3, -0.25) is 4.79 Å². The lowest BCUT2D eigenvalue weighted by atomic mass is 9.80. The number of aryl methyl sites for hydroxylation is 1. The van der Waals surface area contributed by atoms with E-state index in [0.29, 0.717) is 16.9 Å². The Balaban J connectivity index is 1.51. The molecule has 2 N–H and O–H groups in total. The van der Waals surface area contributed by atoms with Crippen molar-refractivity contribution >= 4 is 37.9 Å². The number of carbonyl (C=O) groups is 3. The van der Waals surface area contributed by atoms with Gasteiger partial charge in [0, 0.05) is 17.1 Å². The highest BCUT2D eigenvalue weighted by molar-refractivity contribution is 7.98. The number of amides is 1. The highest BCUT2D eigenvalue weighted by Crippen LogP contribution is 2.41. The van der Waals surface area contributed by atoms with Gasteiger partial charge in [-0.15, -0.1) is 0 Å². The van der Waals surface area contributed by atoms with Gasteiger partial charge in [-0.05, 0) is 53.4 Å². The first-order chi connectivity index (χ1) is 24.2. The first-order valence-electron chi connectivity index (χ1n) is 17.0. The number of rotatable bonds is 16. The van der Waals surface area contributed by atoms with E-state index in [1.807, 2.05) is 97.1 Å². The fourth-order valence-electron chi connectivity index (χ4n) is 5.63. The van der Waals surface area contributed by atoms with E-state index < -0.39 is 31.9 Å². The number of esters is 1. The molecule has 0 aliphatic carbocycles. The lowest BCUT2D eigenvalue weighted by Crippen LogP contribution is -2.44. The fourth-order valence-corrected chi connectivity index (χ4v) is 7.74. The van der Waals surface area contributed by atoms with E-state index in [1.165, 1.54) is 18.9 Å². The summed E-state index contributed by atoms with van der Waals surface area (Å²) in [5.74, 6) is -1.06. The minimum Gasteiger partial charge on any atom is -0.543 e. The molecule has 270 valence electrons. The van der Waals surface area contributed by atoms with E-state index in [1.54, 1.807) is 13.0 Å². The number of carbonyl (C=O) groups excluding carboxylic acids is 2. The third-order valence-corrected chi connectivity index (χ3v) is 14.8. The summed E-state index contributed by atoms with van der Waals surface area (Å²) in [5.41, 5.74) is 3.13. The third kappa shape index (κ3) is 9.49. The zero-order valence-electron chi connectivity index (χ0n) is 30.5. The first-order valence-corrected chi connectivity index (χ1v) is 21.1. The summed E-state index contributed by atoms with van der Waals surface area (Å²) in [6, 6.07) is 32.3. The zero-order valence-corrected chi connectivity index (χ0v) is 32.3. The van der Waals surface area contributed by atoms with Gasteiger partial charge < -0.3 is 24.3 Å². The van der Waals surface area contributed by atoms with Crippen molar-refractivity contribution in [3.05, 3.63) is 137 Å². The van der Waals surface area contributed by atoms with Crippen molar-refractivity contribution in [2.45, 2.75) is 69.6 Å². The van der Waals surface area contributed by atoms with Gasteiger partial charge in [0.1, 0.15) is 17.4 Å². The van der Waals surface area contributed by atoms with Crippen LogP contribution in [0.25, 0.3) is 0 Å². The molecule has 0 saturated heterocycles. The number of thioether (sulfide) groups is 1. The maximum atomic E-state index is 13.4. The second-order valence-corrected chi connectivity index (χ2v) is 19.7. The summed E-state index contributed by atoms with van der Waals surface area (Å²) < 4.78 is 18.4. The minimum absolute atomic E-state index is 0.0159. The summed E-state index contributed by atoms with van der Waals surface area (Å²) in [7, 11) is -1.02. The summed E-state index contributed by atoms with van der Waals surface area (Å²) in [6.07, 6.45) is -0.0159. The zero-order chi connectivity index (χ0) is 37.2. The van der Waals surface area contributed by atoms with Crippen LogP contribution in [-0.2, 0) is 30.4 Å². The van der Waals surface area contributed by atoms with Crippen molar-refractivity contribution in [3.8, 4) is 5.75 Å². The molecule has 0 aliphatic rings. The molecule has 1 amide bonds. The van der Waals surface area contributed by atoms with E-state index in [2.05, 4.69) is 39.2 Å². The van der Waals surface area contributed by atoms with Crippen molar-refractivity contribution in [3.63, 3.8) is 0 Å². The van der Waals surface area contributed by atoms with Crippen LogP contribution in [0.15, 0.2) is 103 Å². The summed E-state index contributed by atoms with van der Waals surface area (Å²) in [6.45, 7) is 12.4. The van der Waals surface area contributed by atoms with E-state index in [-0.39, 0.29) is 41.0 Å². The molecule has 1 unspecified atom stereocenters. The molecule has 4 aromatic rings. The van der Waals surface area contributed by atoms with Crippen LogP contribution in [0, 0.1) is 6.92 Å². The maximum Gasteiger partial charge on any atom is 0.336 e. The molecule has 0 fully saturated rings. The number of nitrogens with one attached hydrogen (secondary N) is 1. The number of benzene rings is 4. The number of aromatic carboxylic acids is 1. The minimum atomic E-state index is -2.30. The van der Waals surface area contributed by atoms with Crippen LogP contribution in [0.5, 0.6) is 5.75 Å². The van der Waals surface area contributed by atoms with Gasteiger partial charge in [-0.1, -0.05) is 118 Å². The average Bonchev–Trinajstić information content (AvgIpc) is 3.11. The van der Waals surface area contributed by atoms with Crippen LogP contribution in [0.1, 0.15) is 65.4 Å². The van der Waals surface area contributed by atoms with Crippen molar-refractivity contribution in [1.29, 1.82) is 0 Å². The lowest BCUT2D eigenvalue weighted by molar-refractivity contribution is -0.144. The second-order valence-electron chi connectivity index (χ2n) is 13.9. The Morgan fingerprint density at radius 1 is 0.824 bits per heavy atom. The van der Waals surface area contributed by atoms with Crippen LogP contribution in [0.2, 0.25) is 18.1 Å². The SMILES string of the molecule is COC(=O)C(CSCc1c(O[Si](C)(C)C(C)(C)C)ccc(C)c1C(=O)O)NC(=O)CCOC(c1ccccc1)(c1ccccc1)c1ccccc1. The molecule has 4 aromatic carbocycles. The summed E-state index contributed by atoms with van der Waals surface area (Å²) in [4.78, 5) is 38.7. The molecule has 4 rings (SSSR count). The molecule has 51 heavy (non-hydrogen) atoms. The Bertz CT molecular complexity index is 1680. The van der Waals surface area contributed by atoms with Crippen molar-refractivity contribution in [2.24, 2.45) is 0 Å². The lowest BCUT2D eigenvalue weighted by Gasteiger charge is -2.37. The molecule has 0 spiro atoms. The molecule has 0 saturated carbocycles. The number of carboxylic acids is 1. The molecule has 0 aliphatic heterocycles. The Hall–Kier alpha value is -4.38. The fraction of sp³-hybridized carbons (Fsp3) is 0.341. The Kier molecular flexibility index (Phi) is 13.3. The number of carboxylic acid groups (broad SMARTS) is 1. The summed E-state index contributed by atoms with van der Waals surface area (Å²) >= 11 is 1.33. The van der Waals surface area contributed by atoms with Gasteiger partial charge in [0.2, 0.25) is 14.2 Å². The van der Waals surface area contributed by atoms with Gasteiger partial charge in [0.25, 0.3) is 0 Å². The van der Waals surface area contributed by atoms with E-state index in [9.17, 15) is 19.5 Å². The van der Waals surface area contributed by atoms with Crippen LogP contribution in [-0.4, -0.2) is 56.8 Å². The molecule has 0 bridgehead atoms. The Morgan fingerprint density at radius 2 is 1.33 bits per heavy atom. The van der Waals surface area contributed by atoms with Crippen LogP contribution in [0.3, 0.4) is 0 Å². The first kappa shape index (κ1) is 39.4. The van der Waals surface area contributed by atoms with E-state index >= 15 is 0 Å². The molecular formula is C41H49NO7SSi. The summed E-state index contributed by atoms with van der Waals surface area (Å²) in [5, 5.41) is 12.9. The normalized spacial score (nSPS) is 12.5. The second kappa shape index (κ2) is 17.2. The van der Waals surface area contributed by atoms with Crippen molar-refractivity contribution in [1.82, 2.24) is 5.32 Å². The van der Waals surface area contributed by atoms with Crippen molar-refractivity contribution < 1.29 is 33.4 Å². The molecular weight excluding hydrogens is 679 g/mol. The predicted molar refractivity (Wildman–Crippen MR) is 206 cm³/mol. The molecule has 0 radical (unpaired) electrons. The number of ether oxygens (including phenoxy) is 2. The largest absolute Gasteiger partial charge is 0.543 e. The molecule has 8 nitrogen and oxygen atoms in total. The molecule has 0 heterocycles. The van der Waals surface area contributed by atoms with Crippen molar-refractivity contribution in [2.75, 3.05) is 19.5 Å². The van der Waals surface area contributed by atoms with Crippen LogP contribution in [0.4, 0.5) is 0 Å². The van der Waals surface area contributed by atoms with Gasteiger partial charge in [-0.25, -0.2) is 9.59 Å². The smallest absolute Gasteiger partial charge is 0.336 e. The monoisotopic (exact) mass is 727 g/mol. The molecule has 0 aromatic heterocycles. The third-order valence-electron chi connectivity index (χ3n) is 9.40. The molecule has 10 heteroatoms. The van der Waals surface area contributed by atoms with Gasteiger partial charge >= 0.3 is 11.9 Å². The highest BCUT2D eigenvalue weighted by Gasteiger charge is 2.40. The van der Waals surface area contributed by atoms with Gasteiger partial charge in [0.15, 0.2) is 0 Å². The van der Waals surface area contributed by atoms with E-state index in [0.717, 1.165) is 16.7 Å². The number of methoxy groups -OCH3 is 1. The highest BCUT2D eigenvalue weighted by atomic mass is 32.2. The quantitative estimate of drug-likeness (QED) is 0.0673. The van der Waals surface area contributed by atoms with Crippen LogP contribution >= 0.6 is 11.8 Å². The average molecular weight is 728 g/mol. The van der Waals surface area contributed by atoms with Crippen LogP contribution < -0.4 is 9.74 Å².